The number of benzene rings is 1. The molecule has 0 saturated heterocycles. The zero-order valence-electron chi connectivity index (χ0n) is 13.9. The van der Waals surface area contributed by atoms with Gasteiger partial charge in [-0.2, -0.15) is 0 Å². The van der Waals surface area contributed by atoms with Crippen LogP contribution in [0.1, 0.15) is 17.3 Å². The second-order valence-electron chi connectivity index (χ2n) is 5.79. The monoisotopic (exact) mass is 384 g/mol. The molecule has 0 radical (unpaired) electrons. The molecule has 0 aliphatic heterocycles. The van der Waals surface area contributed by atoms with Crippen LogP contribution in [0.2, 0.25) is 0 Å². The average molecular weight is 384 g/mol. The number of nitrogens with two attached hydrogens (primary N) is 1. The summed E-state index contributed by atoms with van der Waals surface area (Å²) < 4.78 is 22.9. The molecule has 0 aliphatic carbocycles. The molecule has 25 heavy (non-hydrogen) atoms. The van der Waals surface area contributed by atoms with Crippen molar-refractivity contribution in [3.8, 4) is 0 Å². The number of sulfonamides is 1. The zero-order chi connectivity index (χ0) is 18.6. The minimum Gasteiger partial charge on any atom is -0.372 e. The Bertz CT molecular complexity index is 835. The van der Waals surface area contributed by atoms with Crippen LogP contribution in [0.3, 0.4) is 0 Å². The Labute approximate surface area is 150 Å². The lowest BCUT2D eigenvalue weighted by Crippen LogP contribution is -2.20. The van der Waals surface area contributed by atoms with Crippen LogP contribution in [0.15, 0.2) is 40.6 Å². The lowest BCUT2D eigenvalue weighted by atomic mass is 10.1. The number of nitro groups is 1. The van der Waals surface area contributed by atoms with Gasteiger partial charge in [0.2, 0.25) is 10.0 Å². The number of nitro benzene ring substituents is 1. The third-order valence-electron chi connectivity index (χ3n) is 3.58. The number of primary sulfonamides is 1. The van der Waals surface area contributed by atoms with Crippen LogP contribution in [0.4, 0.5) is 11.4 Å². The second-order valence-corrected chi connectivity index (χ2v) is 8.33. The van der Waals surface area contributed by atoms with Gasteiger partial charge in [-0.15, -0.1) is 11.3 Å². The molecule has 1 atom stereocenters. The van der Waals surface area contributed by atoms with E-state index in [1.165, 1.54) is 12.1 Å². The van der Waals surface area contributed by atoms with Gasteiger partial charge in [-0.25, -0.2) is 13.6 Å². The first-order valence-electron chi connectivity index (χ1n) is 7.44. The zero-order valence-corrected chi connectivity index (χ0v) is 15.5. The van der Waals surface area contributed by atoms with E-state index in [0.29, 0.717) is 0 Å². The summed E-state index contributed by atoms with van der Waals surface area (Å²) in [5, 5.41) is 21.5. The smallest absolute Gasteiger partial charge is 0.293 e. The molecule has 0 aliphatic rings. The maximum atomic E-state index is 11.4. The van der Waals surface area contributed by atoms with Crippen LogP contribution in [0.25, 0.3) is 0 Å². The summed E-state index contributed by atoms with van der Waals surface area (Å²) in [5.74, 6) is 0. The predicted octanol–water partition coefficient (Wildman–Crippen LogP) is 2.41. The molecule has 0 amide bonds. The lowest BCUT2D eigenvalue weighted by molar-refractivity contribution is -0.384. The van der Waals surface area contributed by atoms with Gasteiger partial charge in [0.25, 0.3) is 5.69 Å². The van der Waals surface area contributed by atoms with Gasteiger partial charge >= 0.3 is 0 Å². The number of hydrogen-bond acceptors (Lipinski definition) is 7. The van der Waals surface area contributed by atoms with Crippen molar-refractivity contribution in [1.82, 2.24) is 4.90 Å². The van der Waals surface area contributed by atoms with Gasteiger partial charge in [0.05, 0.1) is 15.9 Å². The third kappa shape index (κ3) is 5.23. The van der Waals surface area contributed by atoms with Crippen molar-refractivity contribution in [1.29, 1.82) is 0 Å². The number of nitrogens with one attached hydrogen (secondary N) is 1. The Balaban J connectivity index is 2.36. The molecular weight excluding hydrogens is 364 g/mol. The van der Waals surface area contributed by atoms with Gasteiger partial charge in [-0.1, -0.05) is 6.07 Å². The van der Waals surface area contributed by atoms with Crippen molar-refractivity contribution < 1.29 is 13.3 Å². The van der Waals surface area contributed by atoms with Crippen molar-refractivity contribution >= 4 is 32.7 Å². The molecule has 2 aromatic rings. The van der Waals surface area contributed by atoms with E-state index in [9.17, 15) is 18.5 Å². The molecule has 0 saturated carbocycles. The van der Waals surface area contributed by atoms with Crippen molar-refractivity contribution in [3.63, 3.8) is 0 Å². The molecule has 0 spiro atoms. The first-order valence-corrected chi connectivity index (χ1v) is 9.87. The standard InChI is InChI=1S/C15H20N4O4S2/c1-18(2)8-7-13(15-4-3-9-24-15)17-12-6-5-11(25(16,22)23)10-14(12)19(20)21/h3-6,9-10,13,17H,7-8H2,1-2H3,(H2,16,22,23). The normalized spacial score (nSPS) is 13.0. The highest BCUT2D eigenvalue weighted by Gasteiger charge is 2.22. The van der Waals surface area contributed by atoms with Gasteiger partial charge in [-0.05, 0) is 50.6 Å². The molecule has 0 bridgehead atoms. The van der Waals surface area contributed by atoms with E-state index in [2.05, 4.69) is 5.32 Å². The first-order chi connectivity index (χ1) is 11.7. The number of nitrogens with zero attached hydrogens (tertiary/aromatic N) is 2. The Morgan fingerprint density at radius 1 is 1.36 bits per heavy atom. The SMILES string of the molecule is CN(C)CCC(Nc1ccc(S(N)(=O)=O)cc1[N+](=O)[O-])c1cccs1. The summed E-state index contributed by atoms with van der Waals surface area (Å²) in [7, 11) is -0.0992. The van der Waals surface area contributed by atoms with Crippen LogP contribution < -0.4 is 10.5 Å². The highest BCUT2D eigenvalue weighted by molar-refractivity contribution is 7.89. The van der Waals surface area contributed by atoms with Crippen LogP contribution >= 0.6 is 11.3 Å². The van der Waals surface area contributed by atoms with Crippen molar-refractivity contribution in [2.75, 3.05) is 26.0 Å². The molecule has 1 heterocycles. The Hall–Kier alpha value is -2.01. The molecule has 1 aromatic carbocycles. The van der Waals surface area contributed by atoms with E-state index in [1.54, 1.807) is 11.3 Å². The quantitative estimate of drug-likeness (QED) is 0.533. The van der Waals surface area contributed by atoms with Crippen molar-refractivity contribution in [3.05, 3.63) is 50.7 Å². The van der Waals surface area contributed by atoms with Crippen LogP contribution in [0, 0.1) is 10.1 Å². The largest absolute Gasteiger partial charge is 0.372 e. The summed E-state index contributed by atoms with van der Waals surface area (Å²) in [6, 6.07) is 7.39. The Morgan fingerprint density at radius 2 is 2.08 bits per heavy atom. The molecule has 0 fully saturated rings. The first kappa shape index (κ1) is 19.3. The van der Waals surface area contributed by atoms with Crippen molar-refractivity contribution in [2.24, 2.45) is 5.14 Å². The van der Waals surface area contributed by atoms with Gasteiger partial charge in [0.15, 0.2) is 0 Å². The van der Waals surface area contributed by atoms with E-state index < -0.39 is 14.9 Å². The number of rotatable bonds is 8. The van der Waals surface area contributed by atoms with Crippen molar-refractivity contribution in [2.45, 2.75) is 17.4 Å². The average Bonchev–Trinajstić information content (AvgIpc) is 3.04. The number of thiophene rings is 1. The van der Waals surface area contributed by atoms with Crippen LogP contribution in [-0.2, 0) is 10.0 Å². The van der Waals surface area contributed by atoms with Crippen LogP contribution in [0.5, 0.6) is 0 Å². The summed E-state index contributed by atoms with van der Waals surface area (Å²) in [6.45, 7) is 0.790. The van der Waals surface area contributed by atoms with Crippen LogP contribution in [-0.4, -0.2) is 38.9 Å². The van der Waals surface area contributed by atoms with E-state index >= 15 is 0 Å². The summed E-state index contributed by atoms with van der Waals surface area (Å²) in [6.07, 6.45) is 0.738. The van der Waals surface area contributed by atoms with E-state index in [-0.39, 0.29) is 22.3 Å². The summed E-state index contributed by atoms with van der Waals surface area (Å²) >= 11 is 1.56. The topological polar surface area (TPSA) is 119 Å². The minimum atomic E-state index is -4.01. The molecule has 3 N–H and O–H groups in total. The highest BCUT2D eigenvalue weighted by atomic mass is 32.2. The van der Waals surface area contributed by atoms with E-state index in [1.807, 2.05) is 36.5 Å². The number of hydrogen-bond donors (Lipinski definition) is 2. The fourth-order valence-corrected chi connectivity index (χ4v) is 3.66. The molecule has 1 unspecified atom stereocenters. The molecule has 136 valence electrons. The summed E-state index contributed by atoms with van der Waals surface area (Å²) in [5.41, 5.74) is -0.0625. The van der Waals surface area contributed by atoms with Gasteiger partial charge in [0.1, 0.15) is 5.69 Å². The minimum absolute atomic E-state index is 0.124. The van der Waals surface area contributed by atoms with Gasteiger partial charge < -0.3 is 10.2 Å². The third-order valence-corrected chi connectivity index (χ3v) is 5.47. The molecule has 2 rings (SSSR count). The lowest BCUT2D eigenvalue weighted by Gasteiger charge is -2.21. The maximum absolute atomic E-state index is 11.4. The fourth-order valence-electron chi connectivity index (χ4n) is 2.31. The van der Waals surface area contributed by atoms with Gasteiger partial charge in [0, 0.05) is 10.9 Å². The maximum Gasteiger partial charge on any atom is 0.293 e. The Kier molecular flexibility index (Phi) is 6.11. The fraction of sp³-hybridized carbons (Fsp3) is 0.333. The molecule has 10 heteroatoms. The van der Waals surface area contributed by atoms with E-state index in [4.69, 9.17) is 5.14 Å². The Morgan fingerprint density at radius 3 is 2.60 bits per heavy atom. The number of anilines is 1. The van der Waals surface area contributed by atoms with Gasteiger partial charge in [-0.3, -0.25) is 10.1 Å². The molecule has 1 aromatic heterocycles. The second kappa shape index (κ2) is 7.91. The summed E-state index contributed by atoms with van der Waals surface area (Å²) in [4.78, 5) is 13.5. The molecule has 8 nitrogen and oxygen atoms in total. The highest BCUT2D eigenvalue weighted by Crippen LogP contribution is 2.33. The molecular formula is C15H20N4O4S2. The van der Waals surface area contributed by atoms with E-state index in [0.717, 1.165) is 23.9 Å². The predicted molar refractivity (Wildman–Crippen MR) is 98.3 cm³/mol.